The molecule has 0 aliphatic carbocycles. The Bertz CT molecular complexity index is 743. The van der Waals surface area contributed by atoms with E-state index < -0.39 is 10.0 Å². The number of ether oxygens (including phenoxy) is 1. The van der Waals surface area contributed by atoms with Gasteiger partial charge in [0.25, 0.3) is 5.91 Å². The summed E-state index contributed by atoms with van der Waals surface area (Å²) in [5.41, 5.74) is 0.938. The number of methoxy groups -OCH3 is 1. The SMILES string of the molecule is COc1ccc(C(=O)NCCS(=O)(=O)Nc2ccccc2)cc1. The highest BCUT2D eigenvalue weighted by molar-refractivity contribution is 7.92. The van der Waals surface area contributed by atoms with Gasteiger partial charge in [0.2, 0.25) is 10.0 Å². The molecule has 0 heterocycles. The van der Waals surface area contributed by atoms with Gasteiger partial charge in [0.15, 0.2) is 0 Å². The molecule has 23 heavy (non-hydrogen) atoms. The number of sulfonamides is 1. The molecule has 6 nitrogen and oxygen atoms in total. The number of hydrogen-bond acceptors (Lipinski definition) is 4. The van der Waals surface area contributed by atoms with Crippen molar-refractivity contribution >= 4 is 21.6 Å². The lowest BCUT2D eigenvalue weighted by molar-refractivity contribution is 0.0956. The Balaban J connectivity index is 1.84. The van der Waals surface area contributed by atoms with Gasteiger partial charge in [-0.25, -0.2) is 8.42 Å². The Hall–Kier alpha value is -2.54. The van der Waals surface area contributed by atoms with Crippen LogP contribution in [0.4, 0.5) is 5.69 Å². The topological polar surface area (TPSA) is 84.5 Å². The maximum Gasteiger partial charge on any atom is 0.251 e. The largest absolute Gasteiger partial charge is 0.497 e. The predicted octanol–water partition coefficient (Wildman–Crippen LogP) is 1.87. The van der Waals surface area contributed by atoms with Crippen LogP contribution in [0.3, 0.4) is 0 Å². The molecular weight excluding hydrogens is 316 g/mol. The van der Waals surface area contributed by atoms with Crippen molar-refractivity contribution < 1.29 is 17.9 Å². The first kappa shape index (κ1) is 16.8. The van der Waals surface area contributed by atoms with Crippen LogP contribution in [0.2, 0.25) is 0 Å². The first-order chi connectivity index (χ1) is 11.0. The third-order valence-electron chi connectivity index (χ3n) is 3.06. The van der Waals surface area contributed by atoms with E-state index in [2.05, 4.69) is 10.0 Å². The van der Waals surface area contributed by atoms with Crippen molar-refractivity contribution in [2.45, 2.75) is 0 Å². The number of hydrogen-bond donors (Lipinski definition) is 2. The minimum atomic E-state index is -3.51. The molecule has 122 valence electrons. The fraction of sp³-hybridized carbons (Fsp3) is 0.188. The van der Waals surface area contributed by atoms with E-state index in [1.54, 1.807) is 61.7 Å². The molecule has 0 bridgehead atoms. The molecule has 0 unspecified atom stereocenters. The van der Waals surface area contributed by atoms with Crippen molar-refractivity contribution in [2.24, 2.45) is 0 Å². The van der Waals surface area contributed by atoms with Crippen LogP contribution in [-0.4, -0.2) is 33.7 Å². The molecule has 0 saturated heterocycles. The molecule has 0 aliphatic rings. The van der Waals surface area contributed by atoms with E-state index in [1.807, 2.05) is 0 Å². The van der Waals surface area contributed by atoms with Gasteiger partial charge in [-0.1, -0.05) is 18.2 Å². The third kappa shape index (κ3) is 5.30. The summed E-state index contributed by atoms with van der Waals surface area (Å²) >= 11 is 0. The summed E-state index contributed by atoms with van der Waals surface area (Å²) in [6.07, 6.45) is 0. The van der Waals surface area contributed by atoms with Crippen molar-refractivity contribution in [3.63, 3.8) is 0 Å². The number of anilines is 1. The summed E-state index contributed by atoms with van der Waals surface area (Å²) in [7, 11) is -1.97. The molecule has 0 atom stereocenters. The van der Waals surface area contributed by atoms with Crippen LogP contribution in [0.1, 0.15) is 10.4 Å². The second-order valence-electron chi connectivity index (χ2n) is 4.77. The Morgan fingerprint density at radius 1 is 1.04 bits per heavy atom. The average Bonchev–Trinajstić information content (AvgIpc) is 2.55. The molecule has 1 amide bonds. The number of amides is 1. The van der Waals surface area contributed by atoms with Crippen LogP contribution in [-0.2, 0) is 10.0 Å². The number of benzene rings is 2. The third-order valence-corrected chi connectivity index (χ3v) is 4.34. The fourth-order valence-electron chi connectivity index (χ4n) is 1.88. The van der Waals surface area contributed by atoms with E-state index in [4.69, 9.17) is 4.74 Å². The van der Waals surface area contributed by atoms with Crippen molar-refractivity contribution in [2.75, 3.05) is 24.1 Å². The second-order valence-corrected chi connectivity index (χ2v) is 6.61. The number of carbonyl (C=O) groups excluding carboxylic acids is 1. The van der Waals surface area contributed by atoms with Crippen LogP contribution >= 0.6 is 0 Å². The molecule has 0 saturated carbocycles. The van der Waals surface area contributed by atoms with Gasteiger partial charge in [0.05, 0.1) is 12.9 Å². The molecule has 0 aliphatic heterocycles. The van der Waals surface area contributed by atoms with E-state index in [1.165, 1.54) is 0 Å². The highest BCUT2D eigenvalue weighted by atomic mass is 32.2. The lowest BCUT2D eigenvalue weighted by atomic mass is 10.2. The van der Waals surface area contributed by atoms with Gasteiger partial charge in [0, 0.05) is 17.8 Å². The number of para-hydroxylation sites is 1. The molecule has 0 aromatic heterocycles. The molecule has 0 fully saturated rings. The summed E-state index contributed by atoms with van der Waals surface area (Å²) < 4.78 is 31.3. The van der Waals surface area contributed by atoms with Crippen LogP contribution in [0, 0.1) is 0 Å². The van der Waals surface area contributed by atoms with E-state index in [9.17, 15) is 13.2 Å². The van der Waals surface area contributed by atoms with Crippen LogP contribution in [0.15, 0.2) is 54.6 Å². The Morgan fingerprint density at radius 3 is 2.30 bits per heavy atom. The average molecular weight is 334 g/mol. The zero-order valence-electron chi connectivity index (χ0n) is 12.7. The first-order valence-electron chi connectivity index (χ1n) is 6.98. The van der Waals surface area contributed by atoms with Gasteiger partial charge < -0.3 is 10.1 Å². The summed E-state index contributed by atoms with van der Waals surface area (Å²) in [5.74, 6) is 0.114. The van der Waals surface area contributed by atoms with Gasteiger partial charge in [-0.2, -0.15) is 0 Å². The van der Waals surface area contributed by atoms with Crippen LogP contribution in [0.5, 0.6) is 5.75 Å². The van der Waals surface area contributed by atoms with E-state index >= 15 is 0 Å². The molecule has 7 heteroatoms. The first-order valence-corrected chi connectivity index (χ1v) is 8.63. The van der Waals surface area contributed by atoms with Gasteiger partial charge >= 0.3 is 0 Å². The second kappa shape index (κ2) is 7.64. The van der Waals surface area contributed by atoms with Crippen molar-refractivity contribution in [3.8, 4) is 5.75 Å². The van der Waals surface area contributed by atoms with Crippen molar-refractivity contribution in [1.29, 1.82) is 0 Å². The molecule has 0 radical (unpaired) electrons. The molecule has 2 aromatic carbocycles. The summed E-state index contributed by atoms with van der Waals surface area (Å²) in [4.78, 5) is 11.9. The molecule has 2 N–H and O–H groups in total. The van der Waals surface area contributed by atoms with Crippen molar-refractivity contribution in [3.05, 3.63) is 60.2 Å². The van der Waals surface area contributed by atoms with Gasteiger partial charge in [-0.15, -0.1) is 0 Å². The molecule has 2 rings (SSSR count). The summed E-state index contributed by atoms with van der Waals surface area (Å²) in [6, 6.07) is 15.2. The maximum absolute atomic E-state index is 11.9. The lowest BCUT2D eigenvalue weighted by Gasteiger charge is -2.09. The number of nitrogens with one attached hydrogen (secondary N) is 2. The quantitative estimate of drug-likeness (QED) is 0.809. The zero-order valence-corrected chi connectivity index (χ0v) is 13.5. The molecule has 0 spiro atoms. The predicted molar refractivity (Wildman–Crippen MR) is 89.2 cm³/mol. The Labute approximate surface area is 135 Å². The van der Waals surface area contributed by atoms with E-state index in [0.717, 1.165) is 0 Å². The Kier molecular flexibility index (Phi) is 5.59. The standard InChI is InChI=1S/C16H18N2O4S/c1-22-15-9-7-13(8-10-15)16(19)17-11-12-23(20,21)18-14-5-3-2-4-6-14/h2-10,18H,11-12H2,1H3,(H,17,19). The number of rotatable bonds is 7. The van der Waals surface area contributed by atoms with Gasteiger partial charge in [-0.05, 0) is 36.4 Å². The van der Waals surface area contributed by atoms with Gasteiger partial charge in [-0.3, -0.25) is 9.52 Å². The zero-order chi connectivity index (χ0) is 16.7. The minimum absolute atomic E-state index is 0.0209. The highest BCUT2D eigenvalue weighted by Gasteiger charge is 2.12. The fourth-order valence-corrected chi connectivity index (χ4v) is 2.85. The molecular formula is C16H18N2O4S. The monoisotopic (exact) mass is 334 g/mol. The van der Waals surface area contributed by atoms with Gasteiger partial charge in [0.1, 0.15) is 5.75 Å². The van der Waals surface area contributed by atoms with E-state index in [-0.39, 0.29) is 18.2 Å². The van der Waals surface area contributed by atoms with E-state index in [0.29, 0.717) is 17.0 Å². The Morgan fingerprint density at radius 2 is 1.70 bits per heavy atom. The van der Waals surface area contributed by atoms with Crippen LogP contribution in [0.25, 0.3) is 0 Å². The number of carbonyl (C=O) groups is 1. The lowest BCUT2D eigenvalue weighted by Crippen LogP contribution is -2.31. The normalized spacial score (nSPS) is 10.8. The summed E-state index contributed by atoms with van der Waals surface area (Å²) in [5, 5.41) is 2.58. The van der Waals surface area contributed by atoms with Crippen molar-refractivity contribution in [1.82, 2.24) is 5.32 Å². The molecule has 2 aromatic rings. The minimum Gasteiger partial charge on any atom is -0.497 e. The summed E-state index contributed by atoms with van der Waals surface area (Å²) in [6.45, 7) is 0.0209. The van der Waals surface area contributed by atoms with Crippen LogP contribution < -0.4 is 14.8 Å². The smallest absolute Gasteiger partial charge is 0.251 e. The maximum atomic E-state index is 11.9. The highest BCUT2D eigenvalue weighted by Crippen LogP contribution is 2.11.